The van der Waals surface area contributed by atoms with Crippen LogP contribution in [0.15, 0.2) is 41.6 Å². The Morgan fingerprint density at radius 2 is 2.14 bits per heavy atom. The molecule has 4 rings (SSSR count). The fourth-order valence-electron chi connectivity index (χ4n) is 3.46. The van der Waals surface area contributed by atoms with E-state index >= 15 is 0 Å². The van der Waals surface area contributed by atoms with E-state index in [1.807, 2.05) is 6.07 Å². The first-order valence-electron chi connectivity index (χ1n) is 7.22. The summed E-state index contributed by atoms with van der Waals surface area (Å²) >= 11 is 0. The highest BCUT2D eigenvalue weighted by Crippen LogP contribution is 2.31. The molecule has 0 aliphatic carbocycles. The maximum Gasteiger partial charge on any atom is 0.243 e. The van der Waals surface area contributed by atoms with Crippen molar-refractivity contribution >= 4 is 20.8 Å². The molecule has 0 amide bonds. The number of sulfonamides is 1. The third-order valence-corrected chi connectivity index (χ3v) is 6.48. The van der Waals surface area contributed by atoms with E-state index in [1.54, 1.807) is 34.9 Å². The first-order valence-corrected chi connectivity index (χ1v) is 8.66. The summed E-state index contributed by atoms with van der Waals surface area (Å²) in [6.45, 7) is 2.21. The third kappa shape index (κ3) is 2.06. The van der Waals surface area contributed by atoms with Gasteiger partial charge in [0.25, 0.3) is 0 Å². The number of benzene rings is 1. The molecule has 5 nitrogen and oxygen atoms in total. The van der Waals surface area contributed by atoms with Crippen LogP contribution in [0, 0.1) is 5.92 Å². The summed E-state index contributed by atoms with van der Waals surface area (Å²) in [5.74, 6) is 0.455. The van der Waals surface area contributed by atoms with E-state index in [4.69, 9.17) is 0 Å². The van der Waals surface area contributed by atoms with Gasteiger partial charge >= 0.3 is 0 Å². The quantitative estimate of drug-likeness (QED) is 0.906. The van der Waals surface area contributed by atoms with Crippen molar-refractivity contribution < 1.29 is 8.42 Å². The second-order valence-corrected chi connectivity index (χ2v) is 7.69. The van der Waals surface area contributed by atoms with E-state index in [0.29, 0.717) is 29.9 Å². The maximum absolute atomic E-state index is 13.0. The van der Waals surface area contributed by atoms with Gasteiger partial charge in [0.1, 0.15) is 0 Å². The van der Waals surface area contributed by atoms with Crippen LogP contribution in [0.3, 0.4) is 0 Å². The molecule has 0 spiro atoms. The van der Waals surface area contributed by atoms with Gasteiger partial charge in [-0.25, -0.2) is 8.42 Å². The van der Waals surface area contributed by atoms with Gasteiger partial charge in [-0.1, -0.05) is 12.1 Å². The molecule has 2 aliphatic rings. The predicted octanol–water partition coefficient (Wildman–Crippen LogP) is 1.22. The van der Waals surface area contributed by atoms with E-state index in [0.717, 1.165) is 23.7 Å². The lowest BCUT2D eigenvalue weighted by Gasteiger charge is -2.18. The molecule has 2 atom stereocenters. The molecule has 21 heavy (non-hydrogen) atoms. The highest BCUT2D eigenvalue weighted by molar-refractivity contribution is 7.89. The Hall–Kier alpha value is -1.50. The van der Waals surface area contributed by atoms with Crippen molar-refractivity contribution in [1.82, 2.24) is 14.6 Å². The largest absolute Gasteiger partial charge is 0.312 e. The molecule has 1 N–H and O–H groups in total. The Kier molecular flexibility index (Phi) is 2.99. The van der Waals surface area contributed by atoms with Crippen LogP contribution in [-0.2, 0) is 10.0 Å². The van der Waals surface area contributed by atoms with Gasteiger partial charge < -0.3 is 5.32 Å². The molecule has 1 aromatic carbocycles. The molecule has 3 heterocycles. The minimum Gasteiger partial charge on any atom is -0.312 e. The summed E-state index contributed by atoms with van der Waals surface area (Å²) < 4.78 is 27.5. The lowest BCUT2D eigenvalue weighted by Crippen LogP contribution is -2.34. The zero-order valence-corrected chi connectivity index (χ0v) is 12.4. The Morgan fingerprint density at radius 1 is 1.24 bits per heavy atom. The molecule has 1 aromatic heterocycles. The van der Waals surface area contributed by atoms with Gasteiger partial charge in [0.15, 0.2) is 0 Å². The predicted molar refractivity (Wildman–Crippen MR) is 80.4 cm³/mol. The van der Waals surface area contributed by atoms with Gasteiger partial charge in [-0.3, -0.25) is 4.98 Å². The van der Waals surface area contributed by atoms with Crippen molar-refractivity contribution in [2.45, 2.75) is 17.4 Å². The Labute approximate surface area is 124 Å². The number of nitrogens with one attached hydrogen (secondary N) is 1. The molecule has 0 bridgehead atoms. The van der Waals surface area contributed by atoms with E-state index in [1.165, 1.54) is 0 Å². The summed E-state index contributed by atoms with van der Waals surface area (Å²) in [5.41, 5.74) is 0. The summed E-state index contributed by atoms with van der Waals surface area (Å²) in [6.07, 6.45) is 4.41. The highest BCUT2D eigenvalue weighted by Gasteiger charge is 2.41. The van der Waals surface area contributed by atoms with E-state index < -0.39 is 10.0 Å². The average molecular weight is 303 g/mol. The van der Waals surface area contributed by atoms with Crippen LogP contribution >= 0.6 is 0 Å². The summed E-state index contributed by atoms with van der Waals surface area (Å²) in [4.78, 5) is 4.45. The number of aromatic nitrogens is 1. The Bertz CT molecular complexity index is 773. The van der Waals surface area contributed by atoms with Gasteiger partial charge in [-0.05, 0) is 31.0 Å². The standard InChI is InChI=1S/C15H17N3O2S/c19-21(20,18-9-12-4-7-17-14(12)10-18)15-3-1-2-11-8-16-6-5-13(11)15/h1-3,5-6,8,12,14,17H,4,7,9-10H2. The van der Waals surface area contributed by atoms with Crippen molar-refractivity contribution in [1.29, 1.82) is 0 Å². The Morgan fingerprint density at radius 3 is 3.00 bits per heavy atom. The van der Waals surface area contributed by atoms with Crippen LogP contribution < -0.4 is 5.32 Å². The van der Waals surface area contributed by atoms with Crippen molar-refractivity contribution in [2.24, 2.45) is 5.92 Å². The van der Waals surface area contributed by atoms with Gasteiger partial charge in [0.2, 0.25) is 10.0 Å². The topological polar surface area (TPSA) is 62.3 Å². The smallest absolute Gasteiger partial charge is 0.243 e. The third-order valence-electron chi connectivity index (χ3n) is 4.59. The van der Waals surface area contributed by atoms with Crippen molar-refractivity contribution in [3.05, 3.63) is 36.7 Å². The first kappa shape index (κ1) is 13.2. The molecule has 2 aromatic rings. The normalized spacial score (nSPS) is 26.3. The van der Waals surface area contributed by atoms with Crippen molar-refractivity contribution in [3.63, 3.8) is 0 Å². The molecule has 6 heteroatoms. The van der Waals surface area contributed by atoms with Crippen LogP contribution in [0.5, 0.6) is 0 Å². The lowest BCUT2D eigenvalue weighted by molar-refractivity contribution is 0.449. The van der Waals surface area contributed by atoms with Gasteiger partial charge in [-0.2, -0.15) is 4.31 Å². The van der Waals surface area contributed by atoms with Gasteiger partial charge in [0.05, 0.1) is 4.90 Å². The summed E-state index contributed by atoms with van der Waals surface area (Å²) in [7, 11) is -3.44. The maximum atomic E-state index is 13.0. The minimum atomic E-state index is -3.44. The molecule has 2 fully saturated rings. The number of fused-ring (bicyclic) bond motifs is 2. The van der Waals surface area contributed by atoms with Crippen molar-refractivity contribution in [3.8, 4) is 0 Å². The van der Waals surface area contributed by atoms with Crippen LogP contribution in [0.2, 0.25) is 0 Å². The van der Waals surface area contributed by atoms with Crippen LogP contribution in [0.1, 0.15) is 6.42 Å². The number of hydrogen-bond acceptors (Lipinski definition) is 4. The minimum absolute atomic E-state index is 0.316. The van der Waals surface area contributed by atoms with E-state index in [2.05, 4.69) is 10.3 Å². The van der Waals surface area contributed by atoms with Gasteiger partial charge in [-0.15, -0.1) is 0 Å². The lowest BCUT2D eigenvalue weighted by atomic mass is 10.1. The molecule has 0 saturated carbocycles. The molecule has 2 saturated heterocycles. The zero-order valence-electron chi connectivity index (χ0n) is 11.6. The molecule has 2 aliphatic heterocycles. The molecular weight excluding hydrogens is 286 g/mol. The van der Waals surface area contributed by atoms with Crippen LogP contribution in [0.25, 0.3) is 10.8 Å². The van der Waals surface area contributed by atoms with Crippen molar-refractivity contribution in [2.75, 3.05) is 19.6 Å². The monoisotopic (exact) mass is 303 g/mol. The molecular formula is C15H17N3O2S. The van der Waals surface area contributed by atoms with E-state index in [-0.39, 0.29) is 0 Å². The van der Waals surface area contributed by atoms with Gasteiger partial charge in [0, 0.05) is 42.3 Å². The number of nitrogens with zero attached hydrogens (tertiary/aromatic N) is 2. The molecule has 0 radical (unpaired) electrons. The number of rotatable bonds is 2. The molecule has 110 valence electrons. The fourth-order valence-corrected chi connectivity index (χ4v) is 5.20. The summed E-state index contributed by atoms with van der Waals surface area (Å²) in [5, 5.41) is 5.00. The SMILES string of the molecule is O=S(=O)(c1cccc2cnccc12)N1CC2CCNC2C1. The number of pyridine rings is 1. The first-order chi connectivity index (χ1) is 10.2. The highest BCUT2D eigenvalue weighted by atomic mass is 32.2. The fraction of sp³-hybridized carbons (Fsp3) is 0.400. The summed E-state index contributed by atoms with van der Waals surface area (Å²) in [6, 6.07) is 7.46. The second kappa shape index (κ2) is 4.76. The Balaban J connectivity index is 1.77. The van der Waals surface area contributed by atoms with E-state index in [9.17, 15) is 8.42 Å². The van der Waals surface area contributed by atoms with Crippen LogP contribution in [-0.4, -0.2) is 43.4 Å². The second-order valence-electron chi connectivity index (χ2n) is 5.78. The average Bonchev–Trinajstić information content (AvgIpc) is 3.08. The molecule has 2 unspecified atom stereocenters. The van der Waals surface area contributed by atoms with Crippen LogP contribution in [0.4, 0.5) is 0 Å². The number of hydrogen-bond donors (Lipinski definition) is 1. The zero-order chi connectivity index (χ0) is 14.4.